The molecule has 2 aromatic carbocycles. The van der Waals surface area contributed by atoms with Crippen molar-refractivity contribution < 1.29 is 18.6 Å². The number of aryl methyl sites for hydroxylation is 1. The van der Waals surface area contributed by atoms with Crippen LogP contribution in [0.2, 0.25) is 0 Å². The number of nitro groups is 1. The number of fused-ring (bicyclic) bond motifs is 1. The molecule has 0 atom stereocenters. The largest absolute Gasteiger partial charge is 0.335 e. The molecule has 0 aliphatic carbocycles. The van der Waals surface area contributed by atoms with Gasteiger partial charge >= 0.3 is 0 Å². The predicted molar refractivity (Wildman–Crippen MR) is 103 cm³/mol. The van der Waals surface area contributed by atoms with E-state index in [-0.39, 0.29) is 33.9 Å². The maximum absolute atomic E-state index is 14.2. The van der Waals surface area contributed by atoms with Crippen molar-refractivity contribution >= 4 is 28.4 Å². The first-order valence-electron chi connectivity index (χ1n) is 8.52. The average molecular weight is 392 g/mol. The second kappa shape index (κ2) is 7.12. The van der Waals surface area contributed by atoms with E-state index in [1.54, 1.807) is 19.1 Å². The highest BCUT2D eigenvalue weighted by atomic mass is 19.1. The van der Waals surface area contributed by atoms with Gasteiger partial charge < -0.3 is 9.84 Å². The summed E-state index contributed by atoms with van der Waals surface area (Å²) < 4.78 is 19.4. The molecule has 8 nitrogen and oxygen atoms in total. The number of hydrogen-bond donors (Lipinski definition) is 1. The van der Waals surface area contributed by atoms with Crippen LogP contribution in [0.5, 0.6) is 0 Å². The molecule has 0 spiro atoms. The van der Waals surface area contributed by atoms with E-state index in [2.05, 4.69) is 15.5 Å². The molecule has 4 aromatic rings. The molecule has 1 N–H and O–H groups in total. The molecule has 0 unspecified atom stereocenters. The van der Waals surface area contributed by atoms with Crippen molar-refractivity contribution in [2.45, 2.75) is 6.92 Å². The lowest BCUT2D eigenvalue weighted by molar-refractivity contribution is -0.384. The van der Waals surface area contributed by atoms with Gasteiger partial charge in [-0.1, -0.05) is 23.4 Å². The number of carbonyl (C=O) groups excluding carboxylic acids is 1. The van der Waals surface area contributed by atoms with E-state index >= 15 is 0 Å². The molecule has 0 saturated carbocycles. The Hall–Kier alpha value is -4.14. The van der Waals surface area contributed by atoms with Crippen LogP contribution in [0.4, 0.5) is 15.8 Å². The van der Waals surface area contributed by atoms with Crippen LogP contribution < -0.4 is 5.32 Å². The third kappa shape index (κ3) is 3.41. The van der Waals surface area contributed by atoms with E-state index in [4.69, 9.17) is 4.52 Å². The number of benzene rings is 2. The highest BCUT2D eigenvalue weighted by Gasteiger charge is 2.21. The molecule has 9 heteroatoms. The van der Waals surface area contributed by atoms with Crippen LogP contribution in [0.25, 0.3) is 22.4 Å². The maximum atomic E-state index is 14.2. The smallest absolute Gasteiger partial charge is 0.271 e. The molecule has 2 aromatic heterocycles. The van der Waals surface area contributed by atoms with Gasteiger partial charge in [0.05, 0.1) is 27.3 Å². The van der Waals surface area contributed by atoms with E-state index in [0.29, 0.717) is 11.1 Å². The number of nitrogens with one attached hydrogen (secondary N) is 1. The number of nitro benzene ring substituents is 1. The molecule has 4 rings (SSSR count). The van der Waals surface area contributed by atoms with Gasteiger partial charge in [0.15, 0.2) is 0 Å². The fourth-order valence-electron chi connectivity index (χ4n) is 2.98. The van der Waals surface area contributed by atoms with Crippen molar-refractivity contribution in [2.24, 2.45) is 0 Å². The number of pyridine rings is 1. The summed E-state index contributed by atoms with van der Waals surface area (Å²) in [5.41, 5.74) is 1.19. The predicted octanol–water partition coefficient (Wildman–Crippen LogP) is 4.50. The van der Waals surface area contributed by atoms with Gasteiger partial charge in [0, 0.05) is 23.4 Å². The minimum absolute atomic E-state index is 0.0902. The van der Waals surface area contributed by atoms with Crippen molar-refractivity contribution in [3.8, 4) is 11.3 Å². The van der Waals surface area contributed by atoms with Gasteiger partial charge in [-0.25, -0.2) is 9.37 Å². The lowest BCUT2D eigenvalue weighted by atomic mass is 10.0. The molecule has 144 valence electrons. The van der Waals surface area contributed by atoms with Crippen molar-refractivity contribution in [3.63, 3.8) is 0 Å². The topological polar surface area (TPSA) is 111 Å². The van der Waals surface area contributed by atoms with Crippen LogP contribution in [0, 0.1) is 22.9 Å². The number of anilines is 1. The number of non-ortho nitro benzene ring substituents is 1. The van der Waals surface area contributed by atoms with E-state index in [1.807, 2.05) is 0 Å². The molecule has 0 bridgehead atoms. The van der Waals surface area contributed by atoms with Crippen LogP contribution in [-0.4, -0.2) is 21.0 Å². The fraction of sp³-hybridized carbons (Fsp3) is 0.0500. The van der Waals surface area contributed by atoms with Gasteiger partial charge in [0.1, 0.15) is 5.82 Å². The van der Waals surface area contributed by atoms with E-state index in [0.717, 1.165) is 0 Å². The first-order chi connectivity index (χ1) is 13.9. The van der Waals surface area contributed by atoms with Crippen molar-refractivity contribution in [2.75, 3.05) is 5.32 Å². The van der Waals surface area contributed by atoms with E-state index in [1.165, 1.54) is 42.5 Å². The molecule has 29 heavy (non-hydrogen) atoms. The van der Waals surface area contributed by atoms with Crippen molar-refractivity contribution in [1.29, 1.82) is 0 Å². The van der Waals surface area contributed by atoms with Gasteiger partial charge in [-0.3, -0.25) is 14.9 Å². The maximum Gasteiger partial charge on any atom is 0.271 e. The fourth-order valence-corrected chi connectivity index (χ4v) is 2.98. The Morgan fingerprint density at radius 3 is 2.72 bits per heavy atom. The van der Waals surface area contributed by atoms with Crippen LogP contribution in [0.3, 0.4) is 0 Å². The summed E-state index contributed by atoms with van der Waals surface area (Å²) in [6, 6.07) is 13.0. The number of halogens is 1. The quantitative estimate of drug-likeness (QED) is 0.404. The third-order valence-corrected chi connectivity index (χ3v) is 4.33. The Morgan fingerprint density at radius 1 is 1.17 bits per heavy atom. The molecule has 0 fully saturated rings. The highest BCUT2D eigenvalue weighted by molar-refractivity contribution is 6.13. The zero-order valence-electron chi connectivity index (χ0n) is 15.0. The van der Waals surface area contributed by atoms with Gasteiger partial charge in [-0.15, -0.1) is 0 Å². The molecular weight excluding hydrogens is 379 g/mol. The second-order valence-corrected chi connectivity index (χ2v) is 6.24. The third-order valence-electron chi connectivity index (χ3n) is 4.33. The number of hydrogen-bond acceptors (Lipinski definition) is 6. The first kappa shape index (κ1) is 18.2. The average Bonchev–Trinajstić information content (AvgIpc) is 3.08. The van der Waals surface area contributed by atoms with Gasteiger partial charge in [-0.05, 0) is 31.2 Å². The normalized spacial score (nSPS) is 10.8. The lowest BCUT2D eigenvalue weighted by Crippen LogP contribution is -2.13. The van der Waals surface area contributed by atoms with Crippen LogP contribution >= 0.6 is 0 Å². The summed E-state index contributed by atoms with van der Waals surface area (Å²) in [5.74, 6) is -1.05. The van der Waals surface area contributed by atoms with Crippen molar-refractivity contribution in [1.82, 2.24) is 10.1 Å². The van der Waals surface area contributed by atoms with E-state index in [9.17, 15) is 19.3 Å². The molecule has 0 aliphatic heterocycles. The number of nitrogens with zero attached hydrogens (tertiary/aromatic N) is 3. The molecule has 0 aliphatic rings. The Kier molecular flexibility index (Phi) is 4.47. The van der Waals surface area contributed by atoms with Gasteiger partial charge in [0.25, 0.3) is 17.3 Å². The number of rotatable bonds is 4. The molecular formula is C20H13FN4O4. The molecule has 0 radical (unpaired) electrons. The van der Waals surface area contributed by atoms with E-state index < -0.39 is 16.6 Å². The number of aromatic nitrogens is 2. The zero-order chi connectivity index (χ0) is 20.5. The van der Waals surface area contributed by atoms with Gasteiger partial charge in [0.2, 0.25) is 0 Å². The molecule has 0 saturated heterocycles. The van der Waals surface area contributed by atoms with Gasteiger partial charge in [-0.2, -0.15) is 0 Å². The van der Waals surface area contributed by atoms with Crippen LogP contribution in [-0.2, 0) is 0 Å². The molecule has 1 amide bonds. The summed E-state index contributed by atoms with van der Waals surface area (Å²) in [6.07, 6.45) is 0. The van der Waals surface area contributed by atoms with Crippen LogP contribution in [0.15, 0.2) is 59.1 Å². The Balaban J connectivity index is 1.81. The summed E-state index contributed by atoms with van der Waals surface area (Å²) >= 11 is 0. The Bertz CT molecular complexity index is 1270. The van der Waals surface area contributed by atoms with Crippen molar-refractivity contribution in [3.05, 3.63) is 81.8 Å². The Labute approximate surface area is 163 Å². The number of carbonyl (C=O) groups is 1. The SMILES string of the molecule is Cc1noc2nc(-c3ccccc3F)cc(C(=O)Nc3cccc([N+](=O)[O-])c3)c12. The lowest BCUT2D eigenvalue weighted by Gasteiger charge is -2.09. The molecule has 2 heterocycles. The zero-order valence-corrected chi connectivity index (χ0v) is 15.0. The first-order valence-corrected chi connectivity index (χ1v) is 8.52. The second-order valence-electron chi connectivity index (χ2n) is 6.24. The summed E-state index contributed by atoms with van der Waals surface area (Å²) in [5, 5.41) is 17.8. The number of amides is 1. The Morgan fingerprint density at radius 2 is 1.97 bits per heavy atom. The minimum Gasteiger partial charge on any atom is -0.335 e. The standard InChI is InChI=1S/C20H13FN4O4/c1-11-18-15(19(26)22-12-5-4-6-13(9-12)25(27)28)10-17(23-20(18)29-24-11)14-7-2-3-8-16(14)21/h2-10H,1H3,(H,22,26). The summed E-state index contributed by atoms with van der Waals surface area (Å²) in [6.45, 7) is 1.65. The summed E-state index contributed by atoms with van der Waals surface area (Å²) in [7, 11) is 0. The minimum atomic E-state index is -0.555. The monoisotopic (exact) mass is 392 g/mol. The highest BCUT2D eigenvalue weighted by Crippen LogP contribution is 2.29. The van der Waals surface area contributed by atoms with Crippen LogP contribution in [0.1, 0.15) is 16.1 Å². The summed E-state index contributed by atoms with van der Waals surface area (Å²) in [4.78, 5) is 27.6.